The highest BCUT2D eigenvalue weighted by atomic mass is 15.4. The minimum atomic E-state index is 0.750. The van der Waals surface area contributed by atoms with Crippen LogP contribution in [0.4, 0.5) is 0 Å². The van der Waals surface area contributed by atoms with Crippen LogP contribution in [0.2, 0.25) is 0 Å². The third-order valence-electron chi connectivity index (χ3n) is 2.52. The van der Waals surface area contributed by atoms with Gasteiger partial charge in [-0.15, -0.1) is 5.10 Å². The maximum absolute atomic E-state index is 4.32. The van der Waals surface area contributed by atoms with Crippen molar-refractivity contribution in [3.63, 3.8) is 0 Å². The quantitative estimate of drug-likeness (QED) is 0.823. The molecule has 0 aromatic carbocycles. The van der Waals surface area contributed by atoms with E-state index in [0.717, 1.165) is 24.5 Å². The first kappa shape index (κ1) is 10.8. The second kappa shape index (κ2) is 4.85. The lowest BCUT2D eigenvalue weighted by Crippen LogP contribution is -2.16. The predicted octanol–water partition coefficient (Wildman–Crippen LogP) is 0.808. The third-order valence-corrected chi connectivity index (χ3v) is 2.52. The van der Waals surface area contributed by atoms with Crippen LogP contribution in [0, 0.1) is 6.92 Å². The molecule has 2 aromatic heterocycles. The highest BCUT2D eigenvalue weighted by Crippen LogP contribution is 2.02. The van der Waals surface area contributed by atoms with Crippen molar-refractivity contribution in [2.24, 2.45) is 7.05 Å². The van der Waals surface area contributed by atoms with E-state index in [-0.39, 0.29) is 0 Å². The van der Waals surface area contributed by atoms with E-state index in [9.17, 15) is 0 Å². The minimum Gasteiger partial charge on any atom is -0.305 e. The number of pyridine rings is 1. The van der Waals surface area contributed by atoms with Crippen molar-refractivity contribution in [3.8, 4) is 0 Å². The summed E-state index contributed by atoms with van der Waals surface area (Å²) in [5, 5.41) is 11.0. The predicted molar refractivity (Wildman–Crippen MR) is 60.5 cm³/mol. The van der Waals surface area contributed by atoms with E-state index in [1.54, 1.807) is 10.9 Å². The Balaban J connectivity index is 1.89. The standard InChI is InChI=1S/C11H15N5/c1-9-4-3-5-13-11(9)8-12-6-10-7-14-15-16(10)2/h3-5,7,12H,6,8H2,1-2H3. The average Bonchev–Trinajstić information content (AvgIpc) is 2.67. The van der Waals surface area contributed by atoms with Crippen LogP contribution in [0.15, 0.2) is 24.5 Å². The van der Waals surface area contributed by atoms with Gasteiger partial charge >= 0.3 is 0 Å². The summed E-state index contributed by atoms with van der Waals surface area (Å²) in [6, 6.07) is 4.01. The molecule has 0 saturated heterocycles. The van der Waals surface area contributed by atoms with Crippen LogP contribution < -0.4 is 5.32 Å². The highest BCUT2D eigenvalue weighted by Gasteiger charge is 2.01. The topological polar surface area (TPSA) is 55.6 Å². The monoisotopic (exact) mass is 217 g/mol. The molecule has 2 heterocycles. The Bertz CT molecular complexity index is 463. The van der Waals surface area contributed by atoms with Gasteiger partial charge in [-0.25, -0.2) is 0 Å². The molecule has 2 rings (SSSR count). The van der Waals surface area contributed by atoms with Crippen LogP contribution >= 0.6 is 0 Å². The molecule has 84 valence electrons. The lowest BCUT2D eigenvalue weighted by atomic mass is 10.2. The first-order valence-electron chi connectivity index (χ1n) is 5.22. The van der Waals surface area contributed by atoms with Gasteiger partial charge < -0.3 is 5.32 Å². The Labute approximate surface area is 94.5 Å². The fourth-order valence-corrected chi connectivity index (χ4v) is 1.48. The van der Waals surface area contributed by atoms with E-state index in [1.165, 1.54) is 5.56 Å². The van der Waals surface area contributed by atoms with E-state index < -0.39 is 0 Å². The summed E-state index contributed by atoms with van der Waals surface area (Å²) >= 11 is 0. The number of nitrogens with zero attached hydrogens (tertiary/aromatic N) is 4. The number of hydrogen-bond donors (Lipinski definition) is 1. The van der Waals surface area contributed by atoms with Crippen molar-refractivity contribution >= 4 is 0 Å². The van der Waals surface area contributed by atoms with Crippen LogP contribution in [-0.4, -0.2) is 20.0 Å². The fourth-order valence-electron chi connectivity index (χ4n) is 1.48. The van der Waals surface area contributed by atoms with Crippen molar-refractivity contribution in [2.75, 3.05) is 0 Å². The number of hydrogen-bond acceptors (Lipinski definition) is 4. The van der Waals surface area contributed by atoms with Crippen LogP contribution in [0.1, 0.15) is 17.0 Å². The lowest BCUT2D eigenvalue weighted by Gasteiger charge is -2.06. The maximum Gasteiger partial charge on any atom is 0.0738 e. The van der Waals surface area contributed by atoms with Crippen molar-refractivity contribution in [1.82, 2.24) is 25.3 Å². The van der Waals surface area contributed by atoms with E-state index in [0.29, 0.717) is 0 Å². The molecule has 5 nitrogen and oxygen atoms in total. The Morgan fingerprint density at radius 1 is 1.38 bits per heavy atom. The van der Waals surface area contributed by atoms with Gasteiger partial charge in [-0.2, -0.15) is 0 Å². The largest absolute Gasteiger partial charge is 0.305 e. The Hall–Kier alpha value is -1.75. The van der Waals surface area contributed by atoms with Crippen molar-refractivity contribution < 1.29 is 0 Å². The van der Waals surface area contributed by atoms with E-state index in [2.05, 4.69) is 33.6 Å². The first-order chi connectivity index (χ1) is 7.77. The Kier molecular flexibility index (Phi) is 3.26. The van der Waals surface area contributed by atoms with Gasteiger partial charge in [0.15, 0.2) is 0 Å². The molecule has 0 aliphatic heterocycles. The molecular weight excluding hydrogens is 202 g/mol. The highest BCUT2D eigenvalue weighted by molar-refractivity contribution is 5.17. The van der Waals surface area contributed by atoms with Gasteiger partial charge in [0.2, 0.25) is 0 Å². The second-order valence-electron chi connectivity index (χ2n) is 3.72. The summed E-state index contributed by atoms with van der Waals surface area (Å²) in [4.78, 5) is 4.32. The molecule has 0 atom stereocenters. The minimum absolute atomic E-state index is 0.750. The zero-order chi connectivity index (χ0) is 11.4. The van der Waals surface area contributed by atoms with E-state index in [1.807, 2.05) is 19.3 Å². The van der Waals surface area contributed by atoms with Crippen LogP contribution in [-0.2, 0) is 20.1 Å². The molecule has 0 amide bonds. The molecule has 0 aliphatic carbocycles. The van der Waals surface area contributed by atoms with Gasteiger partial charge in [0.05, 0.1) is 17.6 Å². The van der Waals surface area contributed by atoms with Crippen LogP contribution in [0.3, 0.4) is 0 Å². The molecule has 0 bridgehead atoms. The summed E-state index contributed by atoms with van der Waals surface area (Å²) in [5.74, 6) is 0. The third kappa shape index (κ3) is 2.43. The molecule has 0 saturated carbocycles. The number of rotatable bonds is 4. The average molecular weight is 217 g/mol. The molecule has 0 aliphatic rings. The molecule has 0 fully saturated rings. The number of aromatic nitrogens is 4. The molecule has 0 spiro atoms. The SMILES string of the molecule is Cc1cccnc1CNCc1cnnn1C. The molecule has 5 heteroatoms. The van der Waals surface area contributed by atoms with Crippen molar-refractivity contribution in [1.29, 1.82) is 0 Å². The van der Waals surface area contributed by atoms with E-state index in [4.69, 9.17) is 0 Å². The maximum atomic E-state index is 4.32. The van der Waals surface area contributed by atoms with Crippen molar-refractivity contribution in [3.05, 3.63) is 41.5 Å². The van der Waals surface area contributed by atoms with Gasteiger partial charge in [-0.3, -0.25) is 9.67 Å². The lowest BCUT2D eigenvalue weighted by molar-refractivity contribution is 0.610. The first-order valence-corrected chi connectivity index (χ1v) is 5.22. The number of nitrogens with one attached hydrogen (secondary N) is 1. The molecule has 0 radical (unpaired) electrons. The summed E-state index contributed by atoms with van der Waals surface area (Å²) in [6.07, 6.45) is 3.58. The van der Waals surface area contributed by atoms with Gasteiger partial charge in [0, 0.05) is 26.3 Å². The van der Waals surface area contributed by atoms with Crippen molar-refractivity contribution in [2.45, 2.75) is 20.0 Å². The zero-order valence-corrected chi connectivity index (χ0v) is 9.51. The van der Waals surface area contributed by atoms with Gasteiger partial charge in [0.1, 0.15) is 0 Å². The van der Waals surface area contributed by atoms with Gasteiger partial charge in [0.25, 0.3) is 0 Å². The zero-order valence-electron chi connectivity index (χ0n) is 9.51. The van der Waals surface area contributed by atoms with Gasteiger partial charge in [-0.1, -0.05) is 11.3 Å². The Morgan fingerprint density at radius 2 is 2.25 bits per heavy atom. The van der Waals surface area contributed by atoms with E-state index >= 15 is 0 Å². The summed E-state index contributed by atoms with van der Waals surface area (Å²) in [7, 11) is 1.88. The molecule has 1 N–H and O–H groups in total. The summed E-state index contributed by atoms with van der Waals surface area (Å²) in [6.45, 7) is 3.58. The molecule has 16 heavy (non-hydrogen) atoms. The van der Waals surface area contributed by atoms with Gasteiger partial charge in [-0.05, 0) is 18.6 Å². The summed E-state index contributed by atoms with van der Waals surface area (Å²) < 4.78 is 1.76. The summed E-state index contributed by atoms with van der Waals surface area (Å²) in [5.41, 5.74) is 3.35. The second-order valence-corrected chi connectivity index (χ2v) is 3.72. The number of aryl methyl sites for hydroxylation is 2. The molecular formula is C11H15N5. The van der Waals surface area contributed by atoms with Crippen LogP contribution in [0.25, 0.3) is 0 Å². The van der Waals surface area contributed by atoms with Crippen LogP contribution in [0.5, 0.6) is 0 Å². The smallest absolute Gasteiger partial charge is 0.0738 e. The normalized spacial score (nSPS) is 10.6. The fraction of sp³-hybridized carbons (Fsp3) is 0.364. The Morgan fingerprint density at radius 3 is 2.94 bits per heavy atom. The molecule has 0 unspecified atom stereocenters. The molecule has 2 aromatic rings.